The number of carbonyl (C=O) groups excluding carboxylic acids is 1. The lowest BCUT2D eigenvalue weighted by molar-refractivity contribution is -0.135. The Morgan fingerprint density at radius 3 is 2.68 bits per heavy atom. The largest absolute Gasteiger partial charge is 0.484 e. The van der Waals surface area contributed by atoms with Gasteiger partial charge in [0.05, 0.1) is 6.54 Å². The van der Waals surface area contributed by atoms with Crippen molar-refractivity contribution in [3.05, 3.63) is 52.0 Å². The van der Waals surface area contributed by atoms with E-state index in [2.05, 4.69) is 15.0 Å². The fraction of sp³-hybridized carbons (Fsp3) is 0.316. The Labute approximate surface area is 171 Å². The van der Waals surface area contributed by atoms with Crippen LogP contribution in [-0.4, -0.2) is 58.6 Å². The average molecular weight is 419 g/mol. The predicted octanol–water partition coefficient (Wildman–Crippen LogP) is 3.17. The molecule has 9 heteroatoms. The molecule has 1 aliphatic rings. The minimum atomic E-state index is -0.0212. The summed E-state index contributed by atoms with van der Waals surface area (Å²) in [4.78, 5) is 20.8. The number of hydrogen-bond donors (Lipinski definition) is 0. The summed E-state index contributed by atoms with van der Waals surface area (Å²) in [5.41, 5.74) is 0.969. The maximum absolute atomic E-state index is 12.4. The molecule has 0 atom stereocenters. The number of benzene rings is 1. The van der Waals surface area contributed by atoms with Crippen LogP contribution in [0, 0.1) is 0 Å². The zero-order chi connectivity index (χ0) is 19.3. The molecule has 1 aliphatic heterocycles. The molecule has 146 valence electrons. The van der Waals surface area contributed by atoms with Gasteiger partial charge in [-0.15, -0.1) is 0 Å². The maximum Gasteiger partial charge on any atom is 0.260 e. The summed E-state index contributed by atoms with van der Waals surface area (Å²) in [7, 11) is 0. The van der Waals surface area contributed by atoms with Gasteiger partial charge in [-0.25, -0.2) is 0 Å². The van der Waals surface area contributed by atoms with E-state index in [0.717, 1.165) is 18.7 Å². The lowest BCUT2D eigenvalue weighted by Crippen LogP contribution is -2.49. The number of piperazine rings is 1. The van der Waals surface area contributed by atoms with E-state index in [1.165, 1.54) is 0 Å². The summed E-state index contributed by atoms with van der Waals surface area (Å²) in [6.45, 7) is 3.41. The van der Waals surface area contributed by atoms with Crippen LogP contribution >= 0.6 is 22.9 Å². The molecule has 0 spiro atoms. The molecule has 0 bridgehead atoms. The van der Waals surface area contributed by atoms with E-state index >= 15 is 0 Å². The van der Waals surface area contributed by atoms with Gasteiger partial charge in [-0.05, 0) is 35.7 Å². The molecule has 1 fully saturated rings. The Balaban J connectivity index is 1.23. The fourth-order valence-corrected chi connectivity index (χ4v) is 3.70. The first-order valence-electron chi connectivity index (χ1n) is 8.91. The maximum atomic E-state index is 12.4. The van der Waals surface area contributed by atoms with Gasteiger partial charge in [0.1, 0.15) is 5.75 Å². The van der Waals surface area contributed by atoms with E-state index in [1.807, 2.05) is 21.7 Å². The van der Waals surface area contributed by atoms with Crippen LogP contribution in [0.5, 0.6) is 5.75 Å². The van der Waals surface area contributed by atoms with Crippen molar-refractivity contribution in [2.45, 2.75) is 6.54 Å². The molecule has 3 aromatic rings. The van der Waals surface area contributed by atoms with E-state index in [0.29, 0.717) is 42.1 Å². The second-order valence-corrected chi connectivity index (χ2v) is 7.64. The van der Waals surface area contributed by atoms with Crippen molar-refractivity contribution in [1.82, 2.24) is 19.9 Å². The lowest BCUT2D eigenvalue weighted by atomic mass is 10.3. The monoisotopic (exact) mass is 418 g/mol. The summed E-state index contributed by atoms with van der Waals surface area (Å²) in [6, 6.07) is 8.95. The van der Waals surface area contributed by atoms with Crippen LogP contribution in [0.1, 0.15) is 5.89 Å². The summed E-state index contributed by atoms with van der Waals surface area (Å²) in [6.07, 6.45) is 0. The van der Waals surface area contributed by atoms with Gasteiger partial charge >= 0.3 is 0 Å². The van der Waals surface area contributed by atoms with E-state index in [-0.39, 0.29) is 12.5 Å². The molecule has 7 nitrogen and oxygen atoms in total. The van der Waals surface area contributed by atoms with Gasteiger partial charge in [-0.1, -0.05) is 16.8 Å². The third-order valence-corrected chi connectivity index (χ3v) is 5.44. The van der Waals surface area contributed by atoms with E-state index in [9.17, 15) is 4.79 Å². The predicted molar refractivity (Wildman–Crippen MR) is 106 cm³/mol. The van der Waals surface area contributed by atoms with Gasteiger partial charge in [0, 0.05) is 42.1 Å². The van der Waals surface area contributed by atoms with Crippen LogP contribution in [0.3, 0.4) is 0 Å². The highest BCUT2D eigenvalue weighted by atomic mass is 35.5. The van der Waals surface area contributed by atoms with E-state index in [4.69, 9.17) is 20.9 Å². The zero-order valence-corrected chi connectivity index (χ0v) is 16.7. The third-order valence-electron chi connectivity index (χ3n) is 4.51. The normalized spacial score (nSPS) is 15.0. The van der Waals surface area contributed by atoms with Crippen molar-refractivity contribution in [2.75, 3.05) is 32.8 Å². The van der Waals surface area contributed by atoms with Gasteiger partial charge in [0.2, 0.25) is 11.7 Å². The van der Waals surface area contributed by atoms with Gasteiger partial charge in [-0.3, -0.25) is 9.69 Å². The first-order valence-corrected chi connectivity index (χ1v) is 10.2. The van der Waals surface area contributed by atoms with Crippen LogP contribution in [0.25, 0.3) is 11.4 Å². The highest BCUT2D eigenvalue weighted by molar-refractivity contribution is 7.08. The Morgan fingerprint density at radius 1 is 1.18 bits per heavy atom. The standard InChI is InChI=1S/C19H19ClN4O3S/c20-15-1-3-16(4-2-15)26-12-18(25)24-8-6-23(7-9-24)11-17-21-19(22-27-17)14-5-10-28-13-14/h1-5,10,13H,6-9,11-12H2. The van der Waals surface area contributed by atoms with Gasteiger partial charge in [-0.2, -0.15) is 16.3 Å². The number of amides is 1. The zero-order valence-electron chi connectivity index (χ0n) is 15.1. The molecule has 28 heavy (non-hydrogen) atoms. The second kappa shape index (κ2) is 8.72. The highest BCUT2D eigenvalue weighted by Gasteiger charge is 2.23. The number of halogens is 1. The fourth-order valence-electron chi connectivity index (χ4n) is 2.94. The summed E-state index contributed by atoms with van der Waals surface area (Å²) in [5, 5.41) is 8.64. The Hall–Kier alpha value is -2.42. The SMILES string of the molecule is O=C(COc1ccc(Cl)cc1)N1CCN(Cc2nc(-c3ccsc3)no2)CC1. The minimum Gasteiger partial charge on any atom is -0.484 e. The van der Waals surface area contributed by atoms with Crippen LogP contribution in [0.4, 0.5) is 0 Å². The van der Waals surface area contributed by atoms with Gasteiger partial charge < -0.3 is 14.2 Å². The topological polar surface area (TPSA) is 71.7 Å². The molecule has 0 aliphatic carbocycles. The molecule has 4 rings (SSSR count). The van der Waals surface area contributed by atoms with E-state index < -0.39 is 0 Å². The van der Waals surface area contributed by atoms with Crippen molar-refractivity contribution >= 4 is 28.8 Å². The molecule has 1 saturated heterocycles. The molecule has 0 radical (unpaired) electrons. The van der Waals surface area contributed by atoms with Crippen LogP contribution in [0.2, 0.25) is 5.02 Å². The average Bonchev–Trinajstić information content (AvgIpc) is 3.40. The van der Waals surface area contributed by atoms with Crippen LogP contribution < -0.4 is 4.74 Å². The van der Waals surface area contributed by atoms with Crippen molar-refractivity contribution in [2.24, 2.45) is 0 Å². The number of rotatable bonds is 6. The van der Waals surface area contributed by atoms with Crippen LogP contribution in [0.15, 0.2) is 45.6 Å². The summed E-state index contributed by atoms with van der Waals surface area (Å²) >= 11 is 7.44. The van der Waals surface area contributed by atoms with E-state index in [1.54, 1.807) is 35.6 Å². The molecule has 2 aromatic heterocycles. The molecule has 0 N–H and O–H groups in total. The molecule has 1 amide bonds. The lowest BCUT2D eigenvalue weighted by Gasteiger charge is -2.33. The Kier molecular flexibility index (Phi) is 5.90. The molecule has 0 unspecified atom stereocenters. The van der Waals surface area contributed by atoms with Crippen LogP contribution in [-0.2, 0) is 11.3 Å². The third kappa shape index (κ3) is 4.70. The first-order chi connectivity index (χ1) is 13.7. The number of ether oxygens (including phenoxy) is 1. The number of nitrogens with zero attached hydrogens (tertiary/aromatic N) is 4. The second-order valence-electron chi connectivity index (χ2n) is 6.42. The van der Waals surface area contributed by atoms with Gasteiger partial charge in [0.25, 0.3) is 5.91 Å². The molecular weight excluding hydrogens is 400 g/mol. The van der Waals surface area contributed by atoms with Crippen molar-refractivity contribution in [1.29, 1.82) is 0 Å². The number of thiophene rings is 1. The Bertz CT molecular complexity index is 906. The van der Waals surface area contributed by atoms with Crippen molar-refractivity contribution in [3.8, 4) is 17.1 Å². The minimum absolute atomic E-state index is 0.0212. The molecule has 3 heterocycles. The number of aromatic nitrogens is 2. The molecule has 1 aromatic carbocycles. The molecular formula is C19H19ClN4O3S. The van der Waals surface area contributed by atoms with Crippen molar-refractivity contribution in [3.63, 3.8) is 0 Å². The number of hydrogen-bond acceptors (Lipinski definition) is 7. The summed E-state index contributed by atoms with van der Waals surface area (Å²) < 4.78 is 10.9. The molecule has 0 saturated carbocycles. The highest BCUT2D eigenvalue weighted by Crippen LogP contribution is 2.19. The van der Waals surface area contributed by atoms with Gasteiger partial charge in [0.15, 0.2) is 6.61 Å². The Morgan fingerprint density at radius 2 is 1.96 bits per heavy atom. The smallest absolute Gasteiger partial charge is 0.260 e. The summed E-state index contributed by atoms with van der Waals surface area (Å²) in [5.74, 6) is 1.82. The first kappa shape index (κ1) is 18.9. The van der Waals surface area contributed by atoms with Crippen molar-refractivity contribution < 1.29 is 14.1 Å². The quantitative estimate of drug-likeness (QED) is 0.612. The number of carbonyl (C=O) groups is 1.